The van der Waals surface area contributed by atoms with Crippen LogP contribution in [-0.2, 0) is 4.74 Å². The van der Waals surface area contributed by atoms with Gasteiger partial charge in [0, 0.05) is 26.2 Å². The number of hydrogen-bond donors (Lipinski definition) is 1. The zero-order valence-corrected chi connectivity index (χ0v) is 10.7. The van der Waals surface area contributed by atoms with Gasteiger partial charge in [-0.05, 0) is 26.4 Å². The van der Waals surface area contributed by atoms with Crippen LogP contribution in [0.1, 0.15) is 33.1 Å². The van der Waals surface area contributed by atoms with Gasteiger partial charge in [-0.2, -0.15) is 0 Å². The summed E-state index contributed by atoms with van der Waals surface area (Å²) < 4.78 is 5.45. The number of unbranched alkanes of at least 4 members (excludes halogenated alkanes) is 1. The SMILES string of the molecule is CCCCOCCNCCN(C)CCC. The molecule has 0 aromatic carbocycles. The molecule has 92 valence electrons. The van der Waals surface area contributed by atoms with E-state index >= 15 is 0 Å². The molecule has 0 fully saturated rings. The van der Waals surface area contributed by atoms with Crippen molar-refractivity contribution in [2.24, 2.45) is 0 Å². The Morgan fingerprint density at radius 1 is 1.00 bits per heavy atom. The Kier molecular flexibility index (Phi) is 11.9. The van der Waals surface area contributed by atoms with Gasteiger partial charge in [-0.1, -0.05) is 20.3 Å². The fourth-order valence-corrected chi connectivity index (χ4v) is 1.38. The molecular weight excluding hydrogens is 188 g/mol. The molecule has 0 heterocycles. The van der Waals surface area contributed by atoms with Crippen LogP contribution < -0.4 is 5.32 Å². The van der Waals surface area contributed by atoms with Crippen molar-refractivity contribution in [1.82, 2.24) is 10.2 Å². The Labute approximate surface area is 95.2 Å². The molecule has 0 atom stereocenters. The van der Waals surface area contributed by atoms with Crippen molar-refractivity contribution >= 4 is 0 Å². The van der Waals surface area contributed by atoms with Crippen molar-refractivity contribution in [3.05, 3.63) is 0 Å². The lowest BCUT2D eigenvalue weighted by Gasteiger charge is -2.15. The first-order chi connectivity index (χ1) is 7.31. The van der Waals surface area contributed by atoms with Crippen molar-refractivity contribution in [1.29, 1.82) is 0 Å². The van der Waals surface area contributed by atoms with Crippen molar-refractivity contribution < 1.29 is 4.74 Å². The van der Waals surface area contributed by atoms with Crippen molar-refractivity contribution in [2.45, 2.75) is 33.1 Å². The van der Waals surface area contributed by atoms with E-state index in [1.807, 2.05) is 0 Å². The summed E-state index contributed by atoms with van der Waals surface area (Å²) in [5, 5.41) is 3.38. The highest BCUT2D eigenvalue weighted by molar-refractivity contribution is 4.53. The number of nitrogens with zero attached hydrogens (tertiary/aromatic N) is 1. The maximum absolute atomic E-state index is 5.45. The van der Waals surface area contributed by atoms with Crippen LogP contribution in [0.15, 0.2) is 0 Å². The largest absolute Gasteiger partial charge is 0.380 e. The molecule has 0 amide bonds. The molecule has 0 aromatic heterocycles. The van der Waals surface area contributed by atoms with Crippen molar-refractivity contribution in [2.75, 3.05) is 46.4 Å². The van der Waals surface area contributed by atoms with Gasteiger partial charge >= 0.3 is 0 Å². The maximum atomic E-state index is 5.45. The molecule has 0 saturated heterocycles. The average molecular weight is 216 g/mol. The summed E-state index contributed by atoms with van der Waals surface area (Å²) in [5.41, 5.74) is 0. The minimum Gasteiger partial charge on any atom is -0.380 e. The molecule has 0 aliphatic heterocycles. The van der Waals surface area contributed by atoms with E-state index in [2.05, 4.69) is 31.1 Å². The molecule has 0 spiro atoms. The number of ether oxygens (including phenoxy) is 1. The molecule has 3 heteroatoms. The summed E-state index contributed by atoms with van der Waals surface area (Å²) in [6.07, 6.45) is 3.63. The van der Waals surface area contributed by atoms with E-state index in [1.54, 1.807) is 0 Å². The fourth-order valence-electron chi connectivity index (χ4n) is 1.38. The molecule has 15 heavy (non-hydrogen) atoms. The van der Waals surface area contributed by atoms with Crippen LogP contribution in [-0.4, -0.2) is 51.3 Å². The molecular formula is C12H28N2O. The van der Waals surface area contributed by atoms with Gasteiger partial charge < -0.3 is 15.0 Å². The third-order valence-corrected chi connectivity index (χ3v) is 2.34. The van der Waals surface area contributed by atoms with E-state index in [4.69, 9.17) is 4.74 Å². The minimum absolute atomic E-state index is 0.845. The summed E-state index contributed by atoms with van der Waals surface area (Å²) in [7, 11) is 2.17. The van der Waals surface area contributed by atoms with Gasteiger partial charge in [-0.15, -0.1) is 0 Å². The highest BCUT2D eigenvalue weighted by Gasteiger charge is 1.95. The van der Waals surface area contributed by atoms with Gasteiger partial charge in [0.15, 0.2) is 0 Å². The third-order valence-electron chi connectivity index (χ3n) is 2.34. The summed E-state index contributed by atoms with van der Waals surface area (Å²) >= 11 is 0. The van der Waals surface area contributed by atoms with E-state index in [9.17, 15) is 0 Å². The fraction of sp³-hybridized carbons (Fsp3) is 1.00. The first-order valence-electron chi connectivity index (χ1n) is 6.28. The zero-order valence-electron chi connectivity index (χ0n) is 10.7. The predicted molar refractivity (Wildman–Crippen MR) is 66.4 cm³/mol. The Morgan fingerprint density at radius 3 is 2.47 bits per heavy atom. The van der Waals surface area contributed by atoms with E-state index in [1.165, 1.54) is 25.8 Å². The van der Waals surface area contributed by atoms with Gasteiger partial charge in [-0.3, -0.25) is 0 Å². The lowest BCUT2D eigenvalue weighted by atomic mass is 10.4. The minimum atomic E-state index is 0.845. The van der Waals surface area contributed by atoms with Gasteiger partial charge in [0.1, 0.15) is 0 Å². The summed E-state index contributed by atoms with van der Waals surface area (Å²) in [5.74, 6) is 0. The predicted octanol–water partition coefficient (Wildman–Crippen LogP) is 1.73. The summed E-state index contributed by atoms with van der Waals surface area (Å²) in [6.45, 7) is 10.5. The molecule has 0 aliphatic rings. The van der Waals surface area contributed by atoms with E-state index in [0.717, 1.165) is 32.8 Å². The van der Waals surface area contributed by atoms with Gasteiger partial charge in [0.25, 0.3) is 0 Å². The molecule has 3 nitrogen and oxygen atoms in total. The topological polar surface area (TPSA) is 24.5 Å². The van der Waals surface area contributed by atoms with Crippen molar-refractivity contribution in [3.8, 4) is 0 Å². The van der Waals surface area contributed by atoms with E-state index < -0.39 is 0 Å². The van der Waals surface area contributed by atoms with Crippen LogP contribution in [0.4, 0.5) is 0 Å². The number of hydrogen-bond acceptors (Lipinski definition) is 3. The number of rotatable bonds is 11. The maximum Gasteiger partial charge on any atom is 0.0590 e. The highest BCUT2D eigenvalue weighted by atomic mass is 16.5. The first-order valence-corrected chi connectivity index (χ1v) is 6.28. The van der Waals surface area contributed by atoms with E-state index in [0.29, 0.717) is 0 Å². The summed E-state index contributed by atoms with van der Waals surface area (Å²) in [6, 6.07) is 0. The molecule has 0 aromatic rings. The van der Waals surface area contributed by atoms with Crippen LogP contribution in [0.5, 0.6) is 0 Å². The molecule has 0 unspecified atom stereocenters. The molecule has 0 radical (unpaired) electrons. The lowest BCUT2D eigenvalue weighted by molar-refractivity contribution is 0.132. The van der Waals surface area contributed by atoms with Gasteiger partial charge in [-0.25, -0.2) is 0 Å². The molecule has 1 N–H and O–H groups in total. The van der Waals surface area contributed by atoms with Crippen LogP contribution in [0.25, 0.3) is 0 Å². The van der Waals surface area contributed by atoms with Crippen LogP contribution in [0, 0.1) is 0 Å². The number of nitrogens with one attached hydrogen (secondary N) is 1. The standard InChI is InChI=1S/C12H28N2O/c1-4-6-11-15-12-8-13-7-10-14(3)9-5-2/h13H,4-12H2,1-3H3. The van der Waals surface area contributed by atoms with Crippen LogP contribution in [0.2, 0.25) is 0 Å². The third kappa shape index (κ3) is 11.8. The van der Waals surface area contributed by atoms with Crippen LogP contribution >= 0.6 is 0 Å². The van der Waals surface area contributed by atoms with Crippen LogP contribution in [0.3, 0.4) is 0 Å². The van der Waals surface area contributed by atoms with Gasteiger partial charge in [0.05, 0.1) is 6.61 Å². The highest BCUT2D eigenvalue weighted by Crippen LogP contribution is 1.87. The normalized spacial score (nSPS) is 11.2. The molecule has 0 bridgehead atoms. The van der Waals surface area contributed by atoms with Crippen molar-refractivity contribution in [3.63, 3.8) is 0 Å². The Hall–Kier alpha value is -0.120. The first kappa shape index (κ1) is 14.9. The van der Waals surface area contributed by atoms with Gasteiger partial charge in [0.2, 0.25) is 0 Å². The smallest absolute Gasteiger partial charge is 0.0590 e. The second-order valence-electron chi connectivity index (χ2n) is 4.02. The second kappa shape index (κ2) is 12.0. The number of likely N-dealkylation sites (N-methyl/N-ethyl adjacent to an activating group) is 1. The molecule has 0 aliphatic carbocycles. The lowest BCUT2D eigenvalue weighted by Crippen LogP contribution is -2.31. The van der Waals surface area contributed by atoms with E-state index in [-0.39, 0.29) is 0 Å². The Balaban J connectivity index is 2.98. The average Bonchev–Trinajstić information content (AvgIpc) is 2.22. The summed E-state index contributed by atoms with van der Waals surface area (Å²) in [4.78, 5) is 2.35. The monoisotopic (exact) mass is 216 g/mol. The molecule has 0 rings (SSSR count). The second-order valence-corrected chi connectivity index (χ2v) is 4.02. The quantitative estimate of drug-likeness (QED) is 0.532. The molecule has 0 saturated carbocycles. The zero-order chi connectivity index (χ0) is 11.4. The Bertz CT molecular complexity index is 120. The Morgan fingerprint density at radius 2 is 1.80 bits per heavy atom.